The highest BCUT2D eigenvalue weighted by Crippen LogP contribution is 2.24. The van der Waals surface area contributed by atoms with E-state index in [4.69, 9.17) is 9.47 Å². The maximum absolute atomic E-state index is 11.9. The summed E-state index contributed by atoms with van der Waals surface area (Å²) in [6.45, 7) is 2.71. The van der Waals surface area contributed by atoms with Crippen LogP contribution in [0.5, 0.6) is 11.5 Å². The molecule has 0 aliphatic carbocycles. The molecule has 2 N–H and O–H groups in total. The van der Waals surface area contributed by atoms with Gasteiger partial charge in [-0.1, -0.05) is 0 Å². The SMILES string of the molecule is COc1ccc(OC)c(CC(=O)NCC2CNC2)c1.Cl. The molecule has 0 bridgehead atoms. The van der Waals surface area contributed by atoms with Crippen LogP contribution in [0.2, 0.25) is 0 Å². The monoisotopic (exact) mass is 300 g/mol. The molecule has 0 saturated carbocycles. The fraction of sp³-hybridized carbons (Fsp3) is 0.500. The largest absolute Gasteiger partial charge is 0.497 e. The molecule has 1 amide bonds. The minimum absolute atomic E-state index is 0. The smallest absolute Gasteiger partial charge is 0.224 e. The molecule has 5 nitrogen and oxygen atoms in total. The normalized spacial score (nSPS) is 13.9. The van der Waals surface area contributed by atoms with E-state index in [0.29, 0.717) is 18.1 Å². The quantitative estimate of drug-likeness (QED) is 0.823. The number of benzene rings is 1. The first-order valence-electron chi connectivity index (χ1n) is 6.41. The molecule has 0 atom stereocenters. The minimum Gasteiger partial charge on any atom is -0.497 e. The molecule has 1 aromatic rings. The maximum atomic E-state index is 11.9. The number of amides is 1. The van der Waals surface area contributed by atoms with Gasteiger partial charge in [0.2, 0.25) is 5.91 Å². The topological polar surface area (TPSA) is 59.6 Å². The van der Waals surface area contributed by atoms with Gasteiger partial charge in [-0.2, -0.15) is 0 Å². The Bertz CT molecular complexity index is 450. The van der Waals surface area contributed by atoms with Crippen molar-refractivity contribution in [2.75, 3.05) is 33.9 Å². The van der Waals surface area contributed by atoms with Crippen LogP contribution in [-0.4, -0.2) is 39.8 Å². The molecule has 20 heavy (non-hydrogen) atoms. The molecule has 1 aliphatic rings. The molecule has 1 aliphatic heterocycles. The fourth-order valence-electron chi connectivity index (χ4n) is 2.01. The van der Waals surface area contributed by atoms with Crippen molar-refractivity contribution in [3.05, 3.63) is 23.8 Å². The summed E-state index contributed by atoms with van der Waals surface area (Å²) >= 11 is 0. The van der Waals surface area contributed by atoms with Crippen LogP contribution in [0.15, 0.2) is 18.2 Å². The second-order valence-electron chi connectivity index (χ2n) is 4.68. The third kappa shape index (κ3) is 4.28. The Kier molecular flexibility index (Phi) is 6.61. The van der Waals surface area contributed by atoms with E-state index in [-0.39, 0.29) is 18.3 Å². The number of hydrogen-bond donors (Lipinski definition) is 2. The number of methoxy groups -OCH3 is 2. The van der Waals surface area contributed by atoms with Crippen molar-refractivity contribution in [3.8, 4) is 11.5 Å². The van der Waals surface area contributed by atoms with Crippen LogP contribution in [0.25, 0.3) is 0 Å². The van der Waals surface area contributed by atoms with Gasteiger partial charge in [-0.3, -0.25) is 4.79 Å². The number of carbonyl (C=O) groups is 1. The van der Waals surface area contributed by atoms with Crippen molar-refractivity contribution in [1.29, 1.82) is 0 Å². The second kappa shape index (κ2) is 7.97. The van der Waals surface area contributed by atoms with Crippen molar-refractivity contribution < 1.29 is 14.3 Å². The van der Waals surface area contributed by atoms with Gasteiger partial charge >= 0.3 is 0 Å². The van der Waals surface area contributed by atoms with E-state index < -0.39 is 0 Å². The average molecular weight is 301 g/mol. The molecule has 1 heterocycles. The number of carbonyl (C=O) groups excluding carboxylic acids is 1. The lowest BCUT2D eigenvalue weighted by Crippen LogP contribution is -2.48. The van der Waals surface area contributed by atoms with E-state index in [1.54, 1.807) is 14.2 Å². The van der Waals surface area contributed by atoms with Crippen LogP contribution >= 0.6 is 12.4 Å². The molecule has 2 rings (SSSR count). The fourth-order valence-corrected chi connectivity index (χ4v) is 2.01. The number of halogens is 1. The molecule has 0 unspecified atom stereocenters. The number of hydrogen-bond acceptors (Lipinski definition) is 4. The van der Waals surface area contributed by atoms with Crippen molar-refractivity contribution in [2.45, 2.75) is 6.42 Å². The summed E-state index contributed by atoms with van der Waals surface area (Å²) in [6.07, 6.45) is 0.306. The van der Waals surface area contributed by atoms with Crippen LogP contribution in [-0.2, 0) is 11.2 Å². The Balaban J connectivity index is 0.00000200. The first-order valence-corrected chi connectivity index (χ1v) is 6.41. The van der Waals surface area contributed by atoms with Gasteiger partial charge < -0.3 is 20.1 Å². The summed E-state index contributed by atoms with van der Waals surface area (Å²) in [5, 5.41) is 6.13. The van der Waals surface area contributed by atoms with Crippen LogP contribution in [0.4, 0.5) is 0 Å². The van der Waals surface area contributed by atoms with Crippen molar-refractivity contribution in [2.24, 2.45) is 5.92 Å². The summed E-state index contributed by atoms with van der Waals surface area (Å²) in [5.41, 5.74) is 0.839. The summed E-state index contributed by atoms with van der Waals surface area (Å²) in [4.78, 5) is 11.9. The minimum atomic E-state index is 0. The zero-order valence-electron chi connectivity index (χ0n) is 11.8. The summed E-state index contributed by atoms with van der Waals surface area (Å²) < 4.78 is 10.4. The molecule has 0 radical (unpaired) electrons. The molecule has 0 aromatic heterocycles. The molecule has 1 fully saturated rings. The van der Waals surface area contributed by atoms with Crippen LogP contribution in [0.3, 0.4) is 0 Å². The Hall–Kier alpha value is -1.46. The lowest BCUT2D eigenvalue weighted by Gasteiger charge is -2.27. The molecule has 1 saturated heterocycles. The van der Waals surface area contributed by atoms with Gasteiger partial charge in [-0.25, -0.2) is 0 Å². The van der Waals surface area contributed by atoms with Gasteiger partial charge in [0.05, 0.1) is 20.6 Å². The van der Waals surface area contributed by atoms with Gasteiger partial charge in [0.15, 0.2) is 0 Å². The predicted molar refractivity (Wildman–Crippen MR) is 79.9 cm³/mol. The number of ether oxygens (including phenoxy) is 2. The molecule has 112 valence electrons. The number of rotatable bonds is 6. The van der Waals surface area contributed by atoms with Crippen molar-refractivity contribution in [1.82, 2.24) is 10.6 Å². The van der Waals surface area contributed by atoms with Crippen LogP contribution in [0.1, 0.15) is 5.56 Å². The zero-order valence-corrected chi connectivity index (χ0v) is 12.6. The Morgan fingerprint density at radius 3 is 2.65 bits per heavy atom. The van der Waals surface area contributed by atoms with Gasteiger partial charge in [0.1, 0.15) is 11.5 Å². The molecular weight excluding hydrogens is 280 g/mol. The van der Waals surface area contributed by atoms with Crippen LogP contribution in [0, 0.1) is 5.92 Å². The first-order chi connectivity index (χ1) is 9.22. The summed E-state index contributed by atoms with van der Waals surface area (Å²) in [7, 11) is 3.21. The first kappa shape index (κ1) is 16.6. The highest BCUT2D eigenvalue weighted by Gasteiger charge is 2.17. The summed E-state index contributed by atoms with van der Waals surface area (Å²) in [5.74, 6) is 2.02. The summed E-state index contributed by atoms with van der Waals surface area (Å²) in [6, 6.07) is 5.47. The van der Waals surface area contributed by atoms with E-state index in [2.05, 4.69) is 10.6 Å². The van der Waals surface area contributed by atoms with E-state index in [0.717, 1.165) is 30.9 Å². The lowest BCUT2D eigenvalue weighted by molar-refractivity contribution is -0.120. The third-order valence-corrected chi connectivity index (χ3v) is 3.29. The van der Waals surface area contributed by atoms with Crippen molar-refractivity contribution >= 4 is 18.3 Å². The van der Waals surface area contributed by atoms with Gasteiger partial charge in [-0.05, 0) is 18.2 Å². The highest BCUT2D eigenvalue weighted by atomic mass is 35.5. The number of nitrogens with one attached hydrogen (secondary N) is 2. The Morgan fingerprint density at radius 2 is 2.10 bits per heavy atom. The Morgan fingerprint density at radius 1 is 1.35 bits per heavy atom. The third-order valence-electron chi connectivity index (χ3n) is 3.29. The van der Waals surface area contributed by atoms with Gasteiger partial charge in [-0.15, -0.1) is 12.4 Å². The lowest BCUT2D eigenvalue weighted by atomic mass is 10.0. The molecule has 1 aromatic carbocycles. The maximum Gasteiger partial charge on any atom is 0.224 e. The van der Waals surface area contributed by atoms with Crippen LogP contribution < -0.4 is 20.1 Å². The zero-order chi connectivity index (χ0) is 13.7. The second-order valence-corrected chi connectivity index (χ2v) is 4.68. The van der Waals surface area contributed by atoms with Gasteiger partial charge in [0.25, 0.3) is 0 Å². The highest BCUT2D eigenvalue weighted by molar-refractivity contribution is 5.85. The molecule has 0 spiro atoms. The van der Waals surface area contributed by atoms with Gasteiger partial charge in [0, 0.05) is 31.1 Å². The average Bonchev–Trinajstić information content (AvgIpc) is 2.36. The van der Waals surface area contributed by atoms with E-state index in [9.17, 15) is 4.79 Å². The van der Waals surface area contributed by atoms with Crippen molar-refractivity contribution in [3.63, 3.8) is 0 Å². The van der Waals surface area contributed by atoms with E-state index in [1.807, 2.05) is 18.2 Å². The van der Waals surface area contributed by atoms with E-state index in [1.165, 1.54) is 0 Å². The Labute approximate surface area is 125 Å². The predicted octanol–water partition coefficient (Wildman–Crippen LogP) is 1.00. The molecule has 6 heteroatoms. The molecular formula is C14H21ClN2O3. The standard InChI is InChI=1S/C14H20N2O3.ClH/c1-18-12-3-4-13(19-2)11(5-12)6-14(17)16-9-10-7-15-8-10;/h3-5,10,15H,6-9H2,1-2H3,(H,16,17);1H. The van der Waals surface area contributed by atoms with E-state index >= 15 is 0 Å².